The number of aliphatic hydroxyl groups excluding tert-OH is 1. The summed E-state index contributed by atoms with van der Waals surface area (Å²) in [5, 5.41) is 15.2. The number of carbonyl (C=O) groups excluding carboxylic acids is 2. The van der Waals surface area contributed by atoms with Crippen LogP contribution in [0.3, 0.4) is 0 Å². The molecule has 0 unspecified atom stereocenters. The summed E-state index contributed by atoms with van der Waals surface area (Å²) in [5.74, 6) is -0.486. The van der Waals surface area contributed by atoms with Crippen molar-refractivity contribution in [1.82, 2.24) is 10.6 Å². The first-order valence-corrected chi connectivity index (χ1v) is 7.70. The van der Waals surface area contributed by atoms with Crippen LogP contribution in [0.5, 0.6) is 0 Å². The van der Waals surface area contributed by atoms with Gasteiger partial charge < -0.3 is 15.7 Å². The molecule has 0 radical (unpaired) electrons. The van der Waals surface area contributed by atoms with Gasteiger partial charge in [-0.3, -0.25) is 9.59 Å². The zero-order chi connectivity index (χ0) is 14.5. The number of nitrogens with one attached hydrogen (secondary N) is 2. The van der Waals surface area contributed by atoms with E-state index in [1.54, 1.807) is 6.07 Å². The lowest BCUT2D eigenvalue weighted by Crippen LogP contribution is -2.48. The summed E-state index contributed by atoms with van der Waals surface area (Å²) in [6.45, 7) is 1.87. The zero-order valence-electron chi connectivity index (χ0n) is 11.5. The van der Waals surface area contributed by atoms with E-state index in [0.717, 1.165) is 30.6 Å². The van der Waals surface area contributed by atoms with Crippen LogP contribution in [0.2, 0.25) is 0 Å². The first kappa shape index (κ1) is 15.0. The third kappa shape index (κ3) is 4.05. The van der Waals surface area contributed by atoms with Gasteiger partial charge in [0.1, 0.15) is 0 Å². The number of hydrogen-bond acceptors (Lipinski definition) is 4. The lowest BCUT2D eigenvalue weighted by Gasteiger charge is -2.28. The van der Waals surface area contributed by atoms with E-state index in [9.17, 15) is 14.7 Å². The Morgan fingerprint density at radius 3 is 2.75 bits per heavy atom. The van der Waals surface area contributed by atoms with Gasteiger partial charge in [0.15, 0.2) is 0 Å². The molecule has 5 nitrogen and oxygen atoms in total. The van der Waals surface area contributed by atoms with Gasteiger partial charge >= 0.3 is 0 Å². The Labute approximate surface area is 122 Å². The lowest BCUT2D eigenvalue weighted by atomic mass is 9.92. The van der Waals surface area contributed by atoms with Crippen molar-refractivity contribution in [2.45, 2.75) is 44.8 Å². The fourth-order valence-electron chi connectivity index (χ4n) is 2.34. The fraction of sp³-hybridized carbons (Fsp3) is 0.571. The van der Waals surface area contributed by atoms with E-state index in [1.165, 1.54) is 11.3 Å². The van der Waals surface area contributed by atoms with Gasteiger partial charge in [-0.15, -0.1) is 11.3 Å². The van der Waals surface area contributed by atoms with Crippen molar-refractivity contribution in [3.8, 4) is 0 Å². The van der Waals surface area contributed by atoms with Crippen molar-refractivity contribution in [3.05, 3.63) is 21.9 Å². The van der Waals surface area contributed by atoms with E-state index < -0.39 is 6.10 Å². The molecule has 1 aliphatic carbocycles. The summed E-state index contributed by atoms with van der Waals surface area (Å²) in [5.41, 5.74) is 0. The summed E-state index contributed by atoms with van der Waals surface area (Å²) in [6, 6.07) is 3.44. The number of amides is 2. The summed E-state index contributed by atoms with van der Waals surface area (Å²) in [4.78, 5) is 25.2. The summed E-state index contributed by atoms with van der Waals surface area (Å²) in [7, 11) is 0. The minimum atomic E-state index is -0.469. The fourth-order valence-corrected chi connectivity index (χ4v) is 3.13. The van der Waals surface area contributed by atoms with E-state index in [-0.39, 0.29) is 24.4 Å². The minimum absolute atomic E-state index is 0.0565. The molecular weight excluding hydrogens is 276 g/mol. The Bertz CT molecular complexity index is 487. The van der Waals surface area contributed by atoms with Crippen LogP contribution in [0.1, 0.15) is 40.2 Å². The van der Waals surface area contributed by atoms with E-state index in [4.69, 9.17) is 0 Å². The molecule has 1 saturated carbocycles. The van der Waals surface area contributed by atoms with Gasteiger partial charge in [0.2, 0.25) is 5.91 Å². The molecule has 2 atom stereocenters. The van der Waals surface area contributed by atoms with Crippen LogP contribution in [-0.4, -0.2) is 35.6 Å². The van der Waals surface area contributed by atoms with Crippen molar-refractivity contribution in [3.63, 3.8) is 0 Å². The first-order chi connectivity index (χ1) is 9.56. The molecule has 1 fully saturated rings. The predicted octanol–water partition coefficient (Wildman–Crippen LogP) is 1.21. The average molecular weight is 296 g/mol. The maximum atomic E-state index is 11.8. The van der Waals surface area contributed by atoms with Gasteiger partial charge in [-0.05, 0) is 31.9 Å². The topological polar surface area (TPSA) is 78.4 Å². The highest BCUT2D eigenvalue weighted by molar-refractivity contribution is 7.13. The second-order valence-electron chi connectivity index (χ2n) is 5.12. The Morgan fingerprint density at radius 2 is 2.10 bits per heavy atom. The van der Waals surface area contributed by atoms with E-state index in [1.807, 2.05) is 13.0 Å². The zero-order valence-corrected chi connectivity index (χ0v) is 12.3. The third-order valence-electron chi connectivity index (χ3n) is 3.45. The average Bonchev–Trinajstić information content (AvgIpc) is 2.85. The van der Waals surface area contributed by atoms with Gasteiger partial charge in [0, 0.05) is 4.88 Å². The monoisotopic (exact) mass is 296 g/mol. The van der Waals surface area contributed by atoms with Crippen LogP contribution < -0.4 is 10.6 Å². The molecule has 0 bridgehead atoms. The molecule has 0 saturated heterocycles. The van der Waals surface area contributed by atoms with Crippen LogP contribution in [0.4, 0.5) is 0 Å². The maximum Gasteiger partial charge on any atom is 0.261 e. The molecule has 20 heavy (non-hydrogen) atoms. The van der Waals surface area contributed by atoms with Crippen molar-refractivity contribution in [1.29, 1.82) is 0 Å². The quantitative estimate of drug-likeness (QED) is 0.781. The smallest absolute Gasteiger partial charge is 0.261 e. The van der Waals surface area contributed by atoms with Crippen molar-refractivity contribution >= 4 is 23.2 Å². The second kappa shape index (κ2) is 6.85. The molecule has 6 heteroatoms. The van der Waals surface area contributed by atoms with Gasteiger partial charge in [-0.25, -0.2) is 0 Å². The third-order valence-corrected chi connectivity index (χ3v) is 4.45. The molecule has 110 valence electrons. The second-order valence-corrected chi connectivity index (χ2v) is 6.41. The maximum absolute atomic E-state index is 11.8. The van der Waals surface area contributed by atoms with Gasteiger partial charge in [0.05, 0.1) is 23.6 Å². The number of hydrogen-bond donors (Lipinski definition) is 3. The highest BCUT2D eigenvalue weighted by Crippen LogP contribution is 2.18. The van der Waals surface area contributed by atoms with Crippen LogP contribution in [0.25, 0.3) is 0 Å². The number of aryl methyl sites for hydroxylation is 1. The predicted molar refractivity (Wildman–Crippen MR) is 77.8 cm³/mol. The normalized spacial score (nSPS) is 22.3. The van der Waals surface area contributed by atoms with Crippen LogP contribution in [0.15, 0.2) is 12.1 Å². The minimum Gasteiger partial charge on any atom is -0.391 e. The molecule has 2 rings (SSSR count). The molecule has 1 aliphatic rings. The molecule has 0 aliphatic heterocycles. The highest BCUT2D eigenvalue weighted by atomic mass is 32.1. The highest BCUT2D eigenvalue weighted by Gasteiger charge is 2.24. The molecule has 0 spiro atoms. The number of aliphatic hydroxyl groups is 1. The van der Waals surface area contributed by atoms with Crippen molar-refractivity contribution < 1.29 is 14.7 Å². The van der Waals surface area contributed by atoms with Gasteiger partial charge in [0.25, 0.3) is 5.91 Å². The van der Waals surface area contributed by atoms with E-state index in [2.05, 4.69) is 10.6 Å². The summed E-state index contributed by atoms with van der Waals surface area (Å²) >= 11 is 1.40. The largest absolute Gasteiger partial charge is 0.391 e. The summed E-state index contributed by atoms with van der Waals surface area (Å²) < 4.78 is 0. The first-order valence-electron chi connectivity index (χ1n) is 6.88. The number of thiophene rings is 1. The molecule has 1 heterocycles. The molecule has 1 aromatic rings. The SMILES string of the molecule is Cc1ccc(C(=O)NCC(=O)N[C@H]2CCCC[C@@H]2O)s1. The van der Waals surface area contributed by atoms with Crippen molar-refractivity contribution in [2.24, 2.45) is 0 Å². The van der Waals surface area contributed by atoms with Gasteiger partial charge in [-0.2, -0.15) is 0 Å². The Hall–Kier alpha value is -1.40. The molecule has 0 aromatic carbocycles. The number of rotatable bonds is 4. The Kier molecular flexibility index (Phi) is 5.14. The van der Waals surface area contributed by atoms with Gasteiger partial charge in [-0.1, -0.05) is 12.8 Å². The van der Waals surface area contributed by atoms with E-state index >= 15 is 0 Å². The number of carbonyl (C=O) groups is 2. The van der Waals surface area contributed by atoms with Crippen molar-refractivity contribution in [2.75, 3.05) is 6.54 Å². The molecule has 2 amide bonds. The van der Waals surface area contributed by atoms with E-state index in [0.29, 0.717) is 4.88 Å². The lowest BCUT2D eigenvalue weighted by molar-refractivity contribution is -0.122. The van der Waals surface area contributed by atoms with Crippen LogP contribution >= 0.6 is 11.3 Å². The molecule has 3 N–H and O–H groups in total. The molecule has 1 aromatic heterocycles. The van der Waals surface area contributed by atoms with Crippen LogP contribution in [0, 0.1) is 6.92 Å². The standard InChI is InChI=1S/C14H20N2O3S/c1-9-6-7-12(20-9)14(19)15-8-13(18)16-10-4-2-3-5-11(10)17/h6-7,10-11,17H,2-5,8H2,1H3,(H,15,19)(H,16,18)/t10-,11-/m0/s1. The Balaban J connectivity index is 1.76. The Morgan fingerprint density at radius 1 is 1.35 bits per heavy atom. The summed E-state index contributed by atoms with van der Waals surface area (Å²) in [6.07, 6.45) is 3.07. The van der Waals surface area contributed by atoms with Crippen LogP contribution in [-0.2, 0) is 4.79 Å². The molecular formula is C14H20N2O3S.